The Morgan fingerprint density at radius 3 is 2.60 bits per heavy atom. The van der Waals surface area contributed by atoms with Crippen molar-refractivity contribution >= 4 is 5.82 Å². The molecular weight excluding hydrogens is 190 g/mol. The van der Waals surface area contributed by atoms with Gasteiger partial charge in [-0.25, -0.2) is 10.8 Å². The number of pyridine rings is 1. The molecule has 4 heteroatoms. The van der Waals surface area contributed by atoms with E-state index in [4.69, 9.17) is 10.6 Å². The van der Waals surface area contributed by atoms with Crippen LogP contribution in [0.2, 0.25) is 0 Å². The largest absolute Gasteiger partial charge is 0.374 e. The number of hydrogen-bond donors (Lipinski definition) is 2. The molecule has 15 heavy (non-hydrogen) atoms. The number of nitrogen functional groups attached to an aromatic ring is 1. The summed E-state index contributed by atoms with van der Waals surface area (Å²) in [7, 11) is 0. The number of ether oxygens (including phenoxy) is 1. The van der Waals surface area contributed by atoms with Crippen LogP contribution < -0.4 is 11.3 Å². The van der Waals surface area contributed by atoms with Gasteiger partial charge in [-0.05, 0) is 24.5 Å². The van der Waals surface area contributed by atoms with Gasteiger partial charge in [0.1, 0.15) is 5.82 Å². The molecule has 1 aromatic heterocycles. The van der Waals surface area contributed by atoms with Gasteiger partial charge in [0, 0.05) is 6.20 Å². The maximum atomic E-state index is 5.67. The lowest BCUT2D eigenvalue weighted by Crippen LogP contribution is -2.15. The van der Waals surface area contributed by atoms with Crippen molar-refractivity contribution in [3.63, 3.8) is 0 Å². The molecule has 1 rings (SSSR count). The van der Waals surface area contributed by atoms with Crippen LogP contribution in [0.5, 0.6) is 0 Å². The second-order valence-corrected chi connectivity index (χ2v) is 3.96. The van der Waals surface area contributed by atoms with Crippen LogP contribution in [0.1, 0.15) is 26.3 Å². The third kappa shape index (κ3) is 3.85. The van der Waals surface area contributed by atoms with E-state index in [1.165, 1.54) is 0 Å². The van der Waals surface area contributed by atoms with Gasteiger partial charge in [0.05, 0.1) is 12.7 Å². The Balaban J connectivity index is 2.44. The summed E-state index contributed by atoms with van der Waals surface area (Å²) in [6.07, 6.45) is 2.03. The van der Waals surface area contributed by atoms with Crippen molar-refractivity contribution in [3.05, 3.63) is 23.9 Å². The highest BCUT2D eigenvalue weighted by atomic mass is 16.5. The van der Waals surface area contributed by atoms with E-state index >= 15 is 0 Å². The number of nitrogens with zero attached hydrogens (tertiary/aromatic N) is 1. The van der Waals surface area contributed by atoms with Gasteiger partial charge in [-0.1, -0.05) is 19.9 Å². The first-order chi connectivity index (χ1) is 7.13. The second kappa shape index (κ2) is 5.68. The van der Waals surface area contributed by atoms with Gasteiger partial charge < -0.3 is 10.2 Å². The molecule has 0 saturated carbocycles. The summed E-state index contributed by atoms with van der Waals surface area (Å²) in [6.45, 7) is 6.96. The summed E-state index contributed by atoms with van der Waals surface area (Å²) < 4.78 is 5.67. The van der Waals surface area contributed by atoms with Crippen LogP contribution in [0.4, 0.5) is 5.82 Å². The minimum Gasteiger partial charge on any atom is -0.374 e. The lowest BCUT2D eigenvalue weighted by molar-refractivity contribution is 0.0234. The summed E-state index contributed by atoms with van der Waals surface area (Å²) in [4.78, 5) is 4.10. The van der Waals surface area contributed by atoms with E-state index in [1.54, 1.807) is 6.20 Å². The molecular formula is C11H19N3O. The Kier molecular flexibility index (Phi) is 4.52. The first-order valence-corrected chi connectivity index (χ1v) is 5.16. The molecule has 4 nitrogen and oxygen atoms in total. The number of anilines is 1. The summed E-state index contributed by atoms with van der Waals surface area (Å²) in [6, 6.07) is 3.79. The Morgan fingerprint density at radius 1 is 1.40 bits per heavy atom. The van der Waals surface area contributed by atoms with E-state index < -0.39 is 0 Å². The quantitative estimate of drug-likeness (QED) is 0.574. The monoisotopic (exact) mass is 209 g/mol. The molecule has 0 saturated heterocycles. The molecule has 84 valence electrons. The SMILES string of the molecule is CC(C)C(C)OCc1ccc(NN)nc1. The van der Waals surface area contributed by atoms with E-state index in [0.29, 0.717) is 18.3 Å². The molecule has 0 amide bonds. The van der Waals surface area contributed by atoms with Crippen LogP contribution in [0.15, 0.2) is 18.3 Å². The minimum absolute atomic E-state index is 0.261. The third-order valence-corrected chi connectivity index (χ3v) is 2.42. The molecule has 0 bridgehead atoms. The van der Waals surface area contributed by atoms with Crippen molar-refractivity contribution in [3.8, 4) is 0 Å². The lowest BCUT2D eigenvalue weighted by atomic mass is 10.1. The number of nitrogens with two attached hydrogens (primary N) is 1. The van der Waals surface area contributed by atoms with Crippen molar-refractivity contribution < 1.29 is 4.74 Å². The summed E-state index contributed by atoms with van der Waals surface area (Å²) in [5.74, 6) is 6.41. The first-order valence-electron chi connectivity index (χ1n) is 5.16. The van der Waals surface area contributed by atoms with Crippen LogP contribution in [0.3, 0.4) is 0 Å². The number of nitrogens with one attached hydrogen (secondary N) is 1. The molecule has 1 aromatic rings. The second-order valence-electron chi connectivity index (χ2n) is 3.96. The Hall–Kier alpha value is -1.13. The zero-order chi connectivity index (χ0) is 11.3. The Morgan fingerprint density at radius 2 is 2.13 bits per heavy atom. The maximum Gasteiger partial charge on any atom is 0.139 e. The summed E-state index contributed by atoms with van der Waals surface area (Å²) in [5.41, 5.74) is 3.54. The molecule has 1 heterocycles. The van der Waals surface area contributed by atoms with Crippen LogP contribution in [-0.2, 0) is 11.3 Å². The predicted octanol–water partition coefficient (Wildman–Crippen LogP) is 1.93. The highest BCUT2D eigenvalue weighted by Gasteiger charge is 2.07. The topological polar surface area (TPSA) is 60.2 Å². The smallest absolute Gasteiger partial charge is 0.139 e. The lowest BCUT2D eigenvalue weighted by Gasteiger charge is -2.16. The summed E-state index contributed by atoms with van der Waals surface area (Å²) >= 11 is 0. The first kappa shape index (κ1) is 11.9. The molecule has 3 N–H and O–H groups in total. The van der Waals surface area contributed by atoms with E-state index in [0.717, 1.165) is 5.56 Å². The molecule has 0 spiro atoms. The third-order valence-electron chi connectivity index (χ3n) is 2.42. The van der Waals surface area contributed by atoms with Crippen LogP contribution >= 0.6 is 0 Å². The fourth-order valence-corrected chi connectivity index (χ4v) is 1.02. The molecule has 0 aromatic carbocycles. The van der Waals surface area contributed by atoms with E-state index in [9.17, 15) is 0 Å². The average molecular weight is 209 g/mol. The predicted molar refractivity (Wildman–Crippen MR) is 61.1 cm³/mol. The average Bonchev–Trinajstić information content (AvgIpc) is 2.26. The van der Waals surface area contributed by atoms with Crippen molar-refractivity contribution in [2.45, 2.75) is 33.5 Å². The highest BCUT2D eigenvalue weighted by molar-refractivity contribution is 5.33. The fraction of sp³-hybridized carbons (Fsp3) is 0.545. The number of aromatic nitrogens is 1. The van der Waals surface area contributed by atoms with Crippen molar-refractivity contribution in [2.24, 2.45) is 11.8 Å². The van der Waals surface area contributed by atoms with Gasteiger partial charge in [0.2, 0.25) is 0 Å². The van der Waals surface area contributed by atoms with Crippen LogP contribution in [0, 0.1) is 5.92 Å². The van der Waals surface area contributed by atoms with Gasteiger partial charge in [-0.2, -0.15) is 0 Å². The molecule has 0 fully saturated rings. The van der Waals surface area contributed by atoms with Gasteiger partial charge in [-0.3, -0.25) is 0 Å². The van der Waals surface area contributed by atoms with Crippen molar-refractivity contribution in [2.75, 3.05) is 5.43 Å². The number of hydrazine groups is 1. The van der Waals surface area contributed by atoms with Crippen molar-refractivity contribution in [1.82, 2.24) is 4.98 Å². The zero-order valence-corrected chi connectivity index (χ0v) is 9.53. The van der Waals surface area contributed by atoms with E-state index in [1.807, 2.05) is 12.1 Å². The normalized spacial score (nSPS) is 12.9. The highest BCUT2D eigenvalue weighted by Crippen LogP contribution is 2.10. The standard InChI is InChI=1S/C11H19N3O/c1-8(2)9(3)15-7-10-4-5-11(14-12)13-6-10/h4-6,8-9H,7,12H2,1-3H3,(H,13,14). The minimum atomic E-state index is 0.261. The van der Waals surface area contributed by atoms with Gasteiger partial charge in [0.25, 0.3) is 0 Å². The van der Waals surface area contributed by atoms with Crippen molar-refractivity contribution in [1.29, 1.82) is 0 Å². The van der Waals surface area contributed by atoms with Crippen LogP contribution in [-0.4, -0.2) is 11.1 Å². The number of rotatable bonds is 5. The van der Waals surface area contributed by atoms with Gasteiger partial charge in [-0.15, -0.1) is 0 Å². The molecule has 0 radical (unpaired) electrons. The molecule has 1 atom stereocenters. The zero-order valence-electron chi connectivity index (χ0n) is 9.53. The Bertz CT molecular complexity index is 284. The summed E-state index contributed by atoms with van der Waals surface area (Å²) in [5, 5.41) is 0. The van der Waals surface area contributed by atoms with E-state index in [-0.39, 0.29) is 6.10 Å². The molecule has 0 aliphatic heterocycles. The molecule has 0 aliphatic carbocycles. The van der Waals surface area contributed by atoms with Crippen LogP contribution in [0.25, 0.3) is 0 Å². The van der Waals surface area contributed by atoms with Gasteiger partial charge in [0.15, 0.2) is 0 Å². The maximum absolute atomic E-state index is 5.67. The molecule has 1 unspecified atom stereocenters. The van der Waals surface area contributed by atoms with E-state index in [2.05, 4.69) is 31.2 Å². The Labute approximate surface area is 90.8 Å². The van der Waals surface area contributed by atoms with Gasteiger partial charge >= 0.3 is 0 Å². The number of hydrogen-bond acceptors (Lipinski definition) is 4. The molecule has 0 aliphatic rings. The fourth-order valence-electron chi connectivity index (χ4n) is 1.02.